The third-order valence-electron chi connectivity index (χ3n) is 14.3. The quantitative estimate of drug-likeness (QED) is 0.0670. The summed E-state index contributed by atoms with van der Waals surface area (Å²) < 4.78 is 48.6. The lowest BCUT2D eigenvalue weighted by atomic mass is 9.77. The molecule has 0 spiro atoms. The van der Waals surface area contributed by atoms with Crippen LogP contribution < -0.4 is 47.3 Å². The van der Waals surface area contributed by atoms with Crippen LogP contribution in [0.1, 0.15) is 84.6 Å². The van der Waals surface area contributed by atoms with Gasteiger partial charge in [-0.3, -0.25) is 4.79 Å². The Morgan fingerprint density at radius 1 is 0.529 bits per heavy atom. The molecule has 11 rings (SSSR count). The van der Waals surface area contributed by atoms with Crippen LogP contribution in [0.15, 0.2) is 137 Å². The zero-order valence-electron chi connectivity index (χ0n) is 51.6. The van der Waals surface area contributed by atoms with Crippen molar-refractivity contribution in [3.8, 4) is 51.0 Å². The summed E-state index contributed by atoms with van der Waals surface area (Å²) in [5.74, 6) is 4.48. The van der Waals surface area contributed by atoms with Gasteiger partial charge in [0.1, 0.15) is 28.7 Å². The summed E-state index contributed by atoms with van der Waals surface area (Å²) in [6.07, 6.45) is 6.79. The minimum absolute atomic E-state index is 0.147. The number of nitrogens with zero attached hydrogens (tertiary/aromatic N) is 7. The van der Waals surface area contributed by atoms with E-state index in [1.807, 2.05) is 144 Å². The Kier molecular flexibility index (Phi) is 21.9. The number of H-pyrrole nitrogens is 1. The van der Waals surface area contributed by atoms with Gasteiger partial charge >= 0.3 is 7.12 Å². The number of nitrogens with two attached hydrogens (primary N) is 2. The highest BCUT2D eigenvalue weighted by Gasteiger charge is 2.53. The van der Waals surface area contributed by atoms with E-state index in [1.165, 1.54) is 19.8 Å². The Morgan fingerprint density at radius 3 is 1.36 bits per heavy atom. The SMILES string of the molecule is COc1ncc(-c2c(C)noc2C)cc1N.COc1ncc(-c2c(C)noc2C)cc1NCc1ccccc1.COc1ncc(Br)cc1N.Cc1noc(C)c1-c1c[nH]c(=O)c(NCc2ccccc2)c1.Cc1noc(C)c1B1OC(C)(C)C(C)(C)O1. The molecule has 1 aliphatic heterocycles. The Labute approximate surface area is 514 Å². The number of anilines is 4. The molecule has 0 amide bonds. The number of aromatic amines is 1. The van der Waals surface area contributed by atoms with Crippen LogP contribution in [0.5, 0.6) is 17.6 Å². The lowest BCUT2D eigenvalue weighted by Crippen LogP contribution is -2.41. The third kappa shape index (κ3) is 16.4. The molecule has 2 aromatic carbocycles. The van der Waals surface area contributed by atoms with Crippen LogP contribution in [0.4, 0.5) is 22.7 Å². The molecular formula is C63H74BBrN12O10. The molecule has 0 aliphatic carbocycles. The lowest BCUT2D eigenvalue weighted by molar-refractivity contribution is 0.00578. The number of nitrogen functional groups attached to an aromatic ring is 2. The maximum atomic E-state index is 12.0. The highest BCUT2D eigenvalue weighted by Crippen LogP contribution is 2.38. The van der Waals surface area contributed by atoms with E-state index in [9.17, 15) is 4.79 Å². The number of rotatable bonds is 13. The van der Waals surface area contributed by atoms with Crippen molar-refractivity contribution < 1.29 is 41.6 Å². The minimum Gasteiger partial charge on any atom is -0.480 e. The van der Waals surface area contributed by atoms with Crippen LogP contribution in [0.3, 0.4) is 0 Å². The Morgan fingerprint density at radius 2 is 0.931 bits per heavy atom. The van der Waals surface area contributed by atoms with Crippen molar-refractivity contribution >= 4 is 51.3 Å². The highest BCUT2D eigenvalue weighted by molar-refractivity contribution is 9.10. The van der Waals surface area contributed by atoms with E-state index in [2.05, 4.69) is 79.3 Å². The number of benzene rings is 2. The van der Waals surface area contributed by atoms with Crippen molar-refractivity contribution in [3.05, 3.63) is 181 Å². The lowest BCUT2D eigenvalue weighted by Gasteiger charge is -2.32. The smallest absolute Gasteiger partial charge is 0.480 e. The van der Waals surface area contributed by atoms with Crippen LogP contribution in [-0.4, -0.2) is 80.2 Å². The minimum atomic E-state index is -0.378. The largest absolute Gasteiger partial charge is 0.500 e. The Bertz CT molecular complexity index is 3850. The first-order valence-corrected chi connectivity index (χ1v) is 28.4. The van der Waals surface area contributed by atoms with Gasteiger partial charge in [-0.25, -0.2) is 15.0 Å². The zero-order valence-corrected chi connectivity index (χ0v) is 53.2. The molecule has 456 valence electrons. The molecule has 0 bridgehead atoms. The zero-order chi connectivity index (χ0) is 63.2. The number of nitrogens with one attached hydrogen (secondary N) is 3. The molecule has 87 heavy (non-hydrogen) atoms. The van der Waals surface area contributed by atoms with E-state index in [1.54, 1.807) is 44.0 Å². The molecule has 0 atom stereocenters. The van der Waals surface area contributed by atoms with Crippen molar-refractivity contribution in [1.29, 1.82) is 0 Å². The molecule has 0 saturated carbocycles. The van der Waals surface area contributed by atoms with E-state index in [0.29, 0.717) is 47.8 Å². The van der Waals surface area contributed by atoms with Gasteiger partial charge in [0.25, 0.3) is 5.56 Å². The summed E-state index contributed by atoms with van der Waals surface area (Å²) in [5.41, 5.74) is 25.0. The average Bonchev–Trinajstić information content (AvgIpc) is 1.73. The van der Waals surface area contributed by atoms with E-state index >= 15 is 0 Å². The van der Waals surface area contributed by atoms with E-state index in [4.69, 9.17) is 53.1 Å². The number of methoxy groups -OCH3 is 3. The van der Waals surface area contributed by atoms with Gasteiger partial charge in [0, 0.05) is 81.2 Å². The number of ether oxygens (including phenoxy) is 3. The molecule has 0 unspecified atom stereocenters. The second kappa shape index (κ2) is 29.2. The summed E-state index contributed by atoms with van der Waals surface area (Å²) in [6.45, 7) is 24.5. The summed E-state index contributed by atoms with van der Waals surface area (Å²) in [6, 6.07) is 27.5. The Hall–Kier alpha value is -9.26. The molecule has 1 aliphatic rings. The molecule has 0 radical (unpaired) electrons. The maximum absolute atomic E-state index is 12.0. The molecule has 1 saturated heterocycles. The van der Waals surface area contributed by atoms with E-state index < -0.39 is 0 Å². The summed E-state index contributed by atoms with van der Waals surface area (Å²) in [5, 5.41) is 22.3. The van der Waals surface area contributed by atoms with Gasteiger partial charge in [-0.15, -0.1) is 0 Å². The predicted octanol–water partition coefficient (Wildman–Crippen LogP) is 12.2. The molecule has 24 heteroatoms. The number of halogens is 1. The van der Waals surface area contributed by atoms with Crippen molar-refractivity contribution in [2.75, 3.05) is 43.4 Å². The molecule has 7 N–H and O–H groups in total. The normalized spacial score (nSPS) is 12.7. The molecule has 9 heterocycles. The topological polar surface area (TPSA) is 298 Å². The average molecular weight is 1250 g/mol. The van der Waals surface area contributed by atoms with Crippen molar-refractivity contribution in [2.45, 2.75) is 107 Å². The second-order valence-corrected chi connectivity index (χ2v) is 22.0. The van der Waals surface area contributed by atoms with E-state index in [0.717, 1.165) is 100 Å². The summed E-state index contributed by atoms with van der Waals surface area (Å²) in [4.78, 5) is 27.1. The fraction of sp³-hybridized carbons (Fsp3) is 0.302. The standard InChI is InChI=1S/C18H19N3O2.C17H17N3O2.C11H18BNO3.C11H13N3O2.C6H7BrN2O/c1-12-17(13(2)23-21-12)15-9-16(18(22-3)20-11-15)19-10-14-7-5-4-6-8-14;1-11-16(12(2)22-20-11)14-8-15(17(21)19-10-14)18-9-13-6-4-3-5-7-13;1-7-9(8(2)14-13-7)12-15-10(3,4)11(5,6)16-12;1-6-10(7(2)16-14-6)8-4-9(12)11(15-3)13-5-8;1-10-6-5(8)2-4(7)3-9-6/h4-9,11,19H,10H2,1-3H3;3-8,10,18H,9H2,1-2H3,(H,19,21);1-6H3;4-5H,12H2,1-3H3;2-3H,8H2,1H3. The predicted molar refractivity (Wildman–Crippen MR) is 340 cm³/mol. The van der Waals surface area contributed by atoms with Crippen LogP contribution in [-0.2, 0) is 22.4 Å². The second-order valence-electron chi connectivity index (χ2n) is 21.1. The fourth-order valence-electron chi connectivity index (χ4n) is 9.09. The van der Waals surface area contributed by atoms with Gasteiger partial charge in [-0.2, -0.15) is 0 Å². The highest BCUT2D eigenvalue weighted by atomic mass is 79.9. The molecule has 10 aromatic rings. The van der Waals surface area contributed by atoms with Gasteiger partial charge in [0.05, 0.1) is 72.4 Å². The number of hydrogen-bond acceptors (Lipinski definition) is 21. The van der Waals surface area contributed by atoms with Crippen molar-refractivity contribution in [3.63, 3.8) is 0 Å². The number of pyridine rings is 4. The summed E-state index contributed by atoms with van der Waals surface area (Å²) in [7, 11) is 4.31. The van der Waals surface area contributed by atoms with Gasteiger partial charge in [0.15, 0.2) is 0 Å². The monoisotopic (exact) mass is 1250 g/mol. The maximum Gasteiger partial charge on any atom is 0.500 e. The number of aromatic nitrogens is 8. The molecule has 8 aromatic heterocycles. The number of hydrogen-bond donors (Lipinski definition) is 5. The van der Waals surface area contributed by atoms with Gasteiger partial charge < -0.3 is 68.7 Å². The third-order valence-corrected chi connectivity index (χ3v) is 14.7. The first-order valence-electron chi connectivity index (χ1n) is 27.6. The first kappa shape index (κ1) is 65.3. The molecule has 22 nitrogen and oxygen atoms in total. The number of aryl methyl sites for hydroxylation is 8. The van der Waals surface area contributed by atoms with Crippen molar-refractivity contribution in [2.24, 2.45) is 0 Å². The van der Waals surface area contributed by atoms with Crippen molar-refractivity contribution in [1.82, 2.24) is 40.6 Å². The fourth-order valence-corrected chi connectivity index (χ4v) is 9.44. The molecule has 1 fully saturated rings. The Balaban J connectivity index is 0.000000159. The first-order chi connectivity index (χ1) is 41.4. The van der Waals surface area contributed by atoms with E-state index in [-0.39, 0.29) is 23.9 Å². The van der Waals surface area contributed by atoms with Crippen LogP contribution in [0.2, 0.25) is 0 Å². The van der Waals surface area contributed by atoms with Crippen LogP contribution >= 0.6 is 15.9 Å². The van der Waals surface area contributed by atoms with Crippen LogP contribution in [0.25, 0.3) is 33.4 Å². The van der Waals surface area contributed by atoms with Gasteiger partial charge in [-0.1, -0.05) is 81.3 Å². The van der Waals surface area contributed by atoms with Gasteiger partial charge in [-0.05, 0) is 134 Å². The van der Waals surface area contributed by atoms with Crippen LogP contribution in [0, 0.1) is 55.4 Å². The molecular weight excluding hydrogens is 1180 g/mol. The summed E-state index contributed by atoms with van der Waals surface area (Å²) >= 11 is 3.23. The van der Waals surface area contributed by atoms with Gasteiger partial charge in [0.2, 0.25) is 17.6 Å².